The van der Waals surface area contributed by atoms with Gasteiger partial charge in [-0.25, -0.2) is 4.98 Å². The molecule has 2 heterocycles. The van der Waals surface area contributed by atoms with Crippen LogP contribution in [0.15, 0.2) is 29.0 Å². The average molecular weight is 280 g/mol. The van der Waals surface area contributed by atoms with Gasteiger partial charge in [0.1, 0.15) is 11.4 Å². The Balaban J connectivity index is 2.29. The highest BCUT2D eigenvalue weighted by atomic mass is 35.5. The molecule has 5 nitrogen and oxygen atoms in total. The maximum Gasteiger partial charge on any atom is 0.257 e. The second kappa shape index (κ2) is 5.01. The summed E-state index contributed by atoms with van der Waals surface area (Å²) < 4.78 is 4.65. The van der Waals surface area contributed by atoms with Gasteiger partial charge in [-0.2, -0.15) is 0 Å². The highest BCUT2D eigenvalue weighted by Gasteiger charge is 2.19. The van der Waals surface area contributed by atoms with Gasteiger partial charge < -0.3 is 9.84 Å². The zero-order valence-electron chi connectivity index (χ0n) is 10.9. The molecule has 0 bridgehead atoms. The Kier molecular flexibility index (Phi) is 3.57. The third kappa shape index (κ3) is 3.32. The van der Waals surface area contributed by atoms with Gasteiger partial charge in [0, 0.05) is 22.7 Å². The first-order chi connectivity index (χ1) is 8.86. The van der Waals surface area contributed by atoms with Crippen LogP contribution >= 0.6 is 11.6 Å². The van der Waals surface area contributed by atoms with Gasteiger partial charge in [-0.3, -0.25) is 4.79 Å². The Bertz CT molecular complexity index is 588. The predicted octanol–water partition coefficient (Wildman–Crippen LogP) is 3.27. The highest BCUT2D eigenvalue weighted by Crippen LogP contribution is 2.23. The minimum Gasteiger partial charge on any atom is -0.363 e. The molecule has 1 N–H and O–H groups in total. The number of halogens is 1. The Morgan fingerprint density at radius 2 is 2.11 bits per heavy atom. The number of aromatic nitrogens is 2. The summed E-state index contributed by atoms with van der Waals surface area (Å²) >= 11 is 5.96. The SMILES string of the molecule is CC(C)(C)c1cc(C(=O)Nc2ccon2)cc(Cl)n1. The number of carbonyl (C=O) groups excluding carboxylic acids is 1. The van der Waals surface area contributed by atoms with Crippen LogP contribution in [-0.4, -0.2) is 16.0 Å². The normalized spacial score (nSPS) is 11.4. The van der Waals surface area contributed by atoms with E-state index in [0.29, 0.717) is 11.4 Å². The number of amides is 1. The number of carbonyl (C=O) groups is 1. The van der Waals surface area contributed by atoms with Crippen molar-refractivity contribution in [1.29, 1.82) is 0 Å². The van der Waals surface area contributed by atoms with Crippen molar-refractivity contribution in [3.8, 4) is 0 Å². The summed E-state index contributed by atoms with van der Waals surface area (Å²) in [7, 11) is 0. The molecule has 1 amide bonds. The van der Waals surface area contributed by atoms with Crippen LogP contribution in [0.4, 0.5) is 5.82 Å². The minimum atomic E-state index is -0.302. The lowest BCUT2D eigenvalue weighted by Crippen LogP contribution is -2.17. The summed E-state index contributed by atoms with van der Waals surface area (Å²) in [6.07, 6.45) is 1.38. The van der Waals surface area contributed by atoms with Crippen LogP contribution in [-0.2, 0) is 5.41 Å². The van der Waals surface area contributed by atoms with Crippen molar-refractivity contribution >= 4 is 23.3 Å². The van der Waals surface area contributed by atoms with E-state index in [2.05, 4.69) is 20.0 Å². The Morgan fingerprint density at radius 3 is 2.68 bits per heavy atom. The van der Waals surface area contributed by atoms with Gasteiger partial charge in [-0.15, -0.1) is 0 Å². The van der Waals surface area contributed by atoms with Crippen molar-refractivity contribution in [2.24, 2.45) is 0 Å². The number of pyridine rings is 1. The third-order valence-corrected chi connectivity index (χ3v) is 2.70. The third-order valence-electron chi connectivity index (χ3n) is 2.50. The summed E-state index contributed by atoms with van der Waals surface area (Å²) in [5.74, 6) is 0.0546. The van der Waals surface area contributed by atoms with Crippen molar-refractivity contribution in [1.82, 2.24) is 10.1 Å². The fourth-order valence-corrected chi connectivity index (χ4v) is 1.69. The summed E-state index contributed by atoms with van der Waals surface area (Å²) in [4.78, 5) is 16.3. The van der Waals surface area contributed by atoms with Crippen LogP contribution in [0, 0.1) is 0 Å². The van der Waals surface area contributed by atoms with Crippen molar-refractivity contribution in [2.45, 2.75) is 26.2 Å². The van der Waals surface area contributed by atoms with Crippen LogP contribution < -0.4 is 5.32 Å². The maximum absolute atomic E-state index is 12.1. The van der Waals surface area contributed by atoms with Gasteiger partial charge in [0.2, 0.25) is 0 Å². The summed E-state index contributed by atoms with van der Waals surface area (Å²) in [6.45, 7) is 6.01. The number of hydrogen-bond donors (Lipinski definition) is 1. The molecule has 0 atom stereocenters. The van der Waals surface area contributed by atoms with Crippen molar-refractivity contribution in [3.63, 3.8) is 0 Å². The molecular formula is C13H14ClN3O2. The molecule has 2 aromatic rings. The fraction of sp³-hybridized carbons (Fsp3) is 0.308. The van der Waals surface area contributed by atoms with Crippen molar-refractivity contribution in [3.05, 3.63) is 40.9 Å². The van der Waals surface area contributed by atoms with Gasteiger partial charge >= 0.3 is 0 Å². The molecule has 0 saturated carbocycles. The molecular weight excluding hydrogens is 266 g/mol. The summed E-state index contributed by atoms with van der Waals surface area (Å²) in [5.41, 5.74) is 1.01. The monoisotopic (exact) mass is 279 g/mol. The van der Waals surface area contributed by atoms with Crippen LogP contribution in [0.3, 0.4) is 0 Å². The molecule has 0 aliphatic carbocycles. The number of anilines is 1. The molecule has 100 valence electrons. The van der Waals surface area contributed by atoms with Crippen LogP contribution in [0.25, 0.3) is 0 Å². The predicted molar refractivity (Wildman–Crippen MR) is 72.4 cm³/mol. The Morgan fingerprint density at radius 1 is 1.37 bits per heavy atom. The van der Waals surface area contributed by atoms with Gasteiger partial charge in [-0.1, -0.05) is 37.5 Å². The molecule has 2 rings (SSSR count). The smallest absolute Gasteiger partial charge is 0.257 e. The molecule has 0 spiro atoms. The van der Waals surface area contributed by atoms with Gasteiger partial charge in [-0.05, 0) is 12.1 Å². The topological polar surface area (TPSA) is 68.0 Å². The molecule has 2 aromatic heterocycles. The first-order valence-corrected chi connectivity index (χ1v) is 6.14. The summed E-state index contributed by atoms with van der Waals surface area (Å²) in [5, 5.41) is 6.52. The first-order valence-electron chi connectivity index (χ1n) is 5.76. The Hall–Kier alpha value is -1.88. The van der Waals surface area contributed by atoms with Crippen molar-refractivity contribution < 1.29 is 9.32 Å². The molecule has 0 unspecified atom stereocenters. The number of hydrogen-bond acceptors (Lipinski definition) is 4. The number of nitrogens with zero attached hydrogens (tertiary/aromatic N) is 2. The van der Waals surface area contributed by atoms with Gasteiger partial charge in [0.05, 0.1) is 0 Å². The lowest BCUT2D eigenvalue weighted by molar-refractivity contribution is 0.102. The zero-order chi connectivity index (χ0) is 14.0. The standard InChI is InChI=1S/C13H14ClN3O2/c1-13(2,3)9-6-8(7-10(14)15-9)12(18)16-11-4-5-19-17-11/h4-7H,1-3H3,(H,16,17,18). The van der Waals surface area contributed by atoms with E-state index in [1.165, 1.54) is 12.3 Å². The molecule has 19 heavy (non-hydrogen) atoms. The molecule has 0 radical (unpaired) electrons. The quantitative estimate of drug-likeness (QED) is 0.857. The zero-order valence-corrected chi connectivity index (χ0v) is 11.7. The molecule has 0 saturated heterocycles. The largest absolute Gasteiger partial charge is 0.363 e. The van der Waals surface area contributed by atoms with Crippen LogP contribution in [0.2, 0.25) is 5.15 Å². The lowest BCUT2D eigenvalue weighted by Gasteiger charge is -2.18. The second-order valence-electron chi connectivity index (χ2n) is 5.15. The lowest BCUT2D eigenvalue weighted by atomic mass is 9.91. The fourth-order valence-electron chi connectivity index (χ4n) is 1.48. The Labute approximate surface area is 116 Å². The minimum absolute atomic E-state index is 0.187. The first kappa shape index (κ1) is 13.5. The molecule has 0 aromatic carbocycles. The molecule has 0 aliphatic rings. The molecule has 0 fully saturated rings. The van der Waals surface area contributed by atoms with E-state index in [-0.39, 0.29) is 16.5 Å². The van der Waals surface area contributed by atoms with Gasteiger partial charge in [0.25, 0.3) is 5.91 Å². The summed E-state index contributed by atoms with van der Waals surface area (Å²) in [6, 6.07) is 4.80. The van der Waals surface area contributed by atoms with Gasteiger partial charge in [0.15, 0.2) is 5.82 Å². The van der Waals surface area contributed by atoms with E-state index in [1.807, 2.05) is 20.8 Å². The van der Waals surface area contributed by atoms with E-state index in [4.69, 9.17) is 11.6 Å². The van der Waals surface area contributed by atoms with E-state index in [1.54, 1.807) is 12.1 Å². The average Bonchev–Trinajstić information content (AvgIpc) is 2.79. The van der Waals surface area contributed by atoms with Crippen molar-refractivity contribution in [2.75, 3.05) is 5.32 Å². The van der Waals surface area contributed by atoms with E-state index >= 15 is 0 Å². The number of rotatable bonds is 2. The van der Waals surface area contributed by atoms with E-state index in [0.717, 1.165) is 5.69 Å². The van der Waals surface area contributed by atoms with Crippen LogP contribution in [0.1, 0.15) is 36.8 Å². The number of nitrogens with one attached hydrogen (secondary N) is 1. The molecule has 6 heteroatoms. The highest BCUT2D eigenvalue weighted by molar-refractivity contribution is 6.29. The van der Waals surface area contributed by atoms with E-state index in [9.17, 15) is 4.79 Å². The maximum atomic E-state index is 12.1. The molecule has 0 aliphatic heterocycles. The van der Waals surface area contributed by atoms with E-state index < -0.39 is 0 Å². The second-order valence-corrected chi connectivity index (χ2v) is 5.54. The van der Waals surface area contributed by atoms with Crippen LogP contribution in [0.5, 0.6) is 0 Å².